The Morgan fingerprint density at radius 1 is 1.03 bits per heavy atom. The number of hydrogen-bond acceptors (Lipinski definition) is 5. The maximum atomic E-state index is 13.1. The van der Waals surface area contributed by atoms with Gasteiger partial charge in [-0.05, 0) is 61.9 Å². The molecule has 0 unspecified atom stereocenters. The number of rotatable bonds is 6. The second-order valence-corrected chi connectivity index (χ2v) is 12.1. The number of nitrogens with zero attached hydrogens (tertiary/aromatic N) is 2. The number of nitrogens with one attached hydrogen (secondary N) is 2. The molecule has 0 bridgehead atoms. The first-order valence-corrected chi connectivity index (χ1v) is 13.5. The minimum atomic E-state index is -3.63. The van der Waals surface area contributed by atoms with Crippen LogP contribution in [0, 0.1) is 18.8 Å². The molecule has 2 aliphatic rings. The summed E-state index contributed by atoms with van der Waals surface area (Å²) in [4.78, 5) is 39.3. The summed E-state index contributed by atoms with van der Waals surface area (Å²) in [5.74, 6) is -0.500. The molecule has 36 heavy (non-hydrogen) atoms. The Balaban J connectivity index is 1.41. The van der Waals surface area contributed by atoms with Crippen molar-refractivity contribution in [2.45, 2.75) is 44.6 Å². The Morgan fingerprint density at radius 2 is 1.61 bits per heavy atom. The first-order chi connectivity index (χ1) is 16.9. The number of aryl methyl sites for hydroxylation is 1. The zero-order chi connectivity index (χ0) is 26.3. The molecule has 4 amide bonds. The summed E-state index contributed by atoms with van der Waals surface area (Å²) in [5, 5.41) is 5.32. The first kappa shape index (κ1) is 25.8. The summed E-state index contributed by atoms with van der Waals surface area (Å²) >= 11 is 0. The van der Waals surface area contributed by atoms with Crippen molar-refractivity contribution in [3.63, 3.8) is 0 Å². The van der Waals surface area contributed by atoms with Crippen molar-refractivity contribution in [2.75, 3.05) is 25.0 Å². The molecule has 2 heterocycles. The maximum Gasteiger partial charge on any atom is 0.325 e. The average Bonchev–Trinajstić information content (AvgIpc) is 3.03. The van der Waals surface area contributed by atoms with Crippen LogP contribution in [0.25, 0.3) is 0 Å². The predicted octanol–water partition coefficient (Wildman–Crippen LogP) is 3.07. The van der Waals surface area contributed by atoms with Crippen LogP contribution in [0.1, 0.15) is 38.3 Å². The van der Waals surface area contributed by atoms with E-state index < -0.39 is 40.0 Å². The second-order valence-electron chi connectivity index (χ2n) is 10.2. The summed E-state index contributed by atoms with van der Waals surface area (Å²) in [6.07, 6.45) is 0.999. The number of anilines is 1. The van der Waals surface area contributed by atoms with Crippen LogP contribution in [-0.2, 0) is 25.2 Å². The van der Waals surface area contributed by atoms with Crippen molar-refractivity contribution in [1.82, 2.24) is 14.5 Å². The van der Waals surface area contributed by atoms with E-state index in [-0.39, 0.29) is 4.90 Å². The van der Waals surface area contributed by atoms with Crippen molar-refractivity contribution < 1.29 is 22.8 Å². The van der Waals surface area contributed by atoms with Crippen LogP contribution in [0.3, 0.4) is 0 Å². The summed E-state index contributed by atoms with van der Waals surface area (Å²) < 4.78 is 27.6. The van der Waals surface area contributed by atoms with Gasteiger partial charge in [-0.1, -0.05) is 43.7 Å². The Kier molecular flexibility index (Phi) is 6.94. The van der Waals surface area contributed by atoms with E-state index in [2.05, 4.69) is 10.6 Å². The summed E-state index contributed by atoms with van der Waals surface area (Å²) in [5.41, 5.74) is 0.760. The molecule has 3 atom stereocenters. The third-order valence-corrected chi connectivity index (χ3v) is 8.66. The molecule has 0 radical (unpaired) electrons. The van der Waals surface area contributed by atoms with Gasteiger partial charge in [0.1, 0.15) is 12.1 Å². The normalized spacial score (nSPS) is 25.1. The van der Waals surface area contributed by atoms with Crippen molar-refractivity contribution in [2.24, 2.45) is 11.8 Å². The second kappa shape index (κ2) is 9.67. The Labute approximate surface area is 211 Å². The van der Waals surface area contributed by atoms with Gasteiger partial charge in [-0.2, -0.15) is 4.31 Å². The maximum absolute atomic E-state index is 13.1. The fourth-order valence-corrected chi connectivity index (χ4v) is 6.61. The fraction of sp³-hybridized carbons (Fsp3) is 0.423. The SMILES string of the molecule is Cc1ccc([C@@]2(C)NC(=O)N(CC(=O)Nc3ccc(S(=O)(=O)N4C[C@@H](C)C[C@H](C)C4)cc3)C2=O)cc1. The van der Waals surface area contributed by atoms with E-state index >= 15 is 0 Å². The lowest BCUT2D eigenvalue weighted by atomic mass is 9.91. The number of benzene rings is 2. The third-order valence-electron chi connectivity index (χ3n) is 6.82. The Bertz CT molecular complexity index is 1270. The van der Waals surface area contributed by atoms with Crippen LogP contribution in [0.2, 0.25) is 0 Å². The number of piperidine rings is 1. The van der Waals surface area contributed by atoms with E-state index in [0.29, 0.717) is 36.2 Å². The molecule has 0 spiro atoms. The topological polar surface area (TPSA) is 116 Å². The highest BCUT2D eigenvalue weighted by molar-refractivity contribution is 7.89. The Hall–Kier alpha value is -3.24. The lowest BCUT2D eigenvalue weighted by molar-refractivity contribution is -0.133. The zero-order valence-corrected chi connectivity index (χ0v) is 21.8. The average molecular weight is 513 g/mol. The number of carbonyl (C=O) groups is 3. The highest BCUT2D eigenvalue weighted by Gasteiger charge is 2.49. The summed E-state index contributed by atoms with van der Waals surface area (Å²) in [6.45, 7) is 8.14. The van der Waals surface area contributed by atoms with Gasteiger partial charge >= 0.3 is 6.03 Å². The number of amides is 4. The van der Waals surface area contributed by atoms with Crippen LogP contribution in [0.4, 0.5) is 10.5 Å². The molecule has 192 valence electrons. The Morgan fingerprint density at radius 3 is 2.19 bits per heavy atom. The molecule has 2 fully saturated rings. The third kappa shape index (κ3) is 5.01. The van der Waals surface area contributed by atoms with Gasteiger partial charge in [0.2, 0.25) is 15.9 Å². The van der Waals surface area contributed by atoms with Crippen molar-refractivity contribution in [3.05, 3.63) is 59.7 Å². The van der Waals surface area contributed by atoms with Crippen LogP contribution < -0.4 is 10.6 Å². The first-order valence-electron chi connectivity index (χ1n) is 12.0. The van der Waals surface area contributed by atoms with Crippen molar-refractivity contribution in [1.29, 1.82) is 0 Å². The summed E-state index contributed by atoms with van der Waals surface area (Å²) in [6, 6.07) is 12.5. The molecule has 10 heteroatoms. The van der Waals surface area contributed by atoms with Gasteiger partial charge in [0.25, 0.3) is 5.91 Å². The molecule has 2 N–H and O–H groups in total. The lowest BCUT2D eigenvalue weighted by Gasteiger charge is -2.34. The van der Waals surface area contributed by atoms with E-state index in [1.54, 1.807) is 19.1 Å². The monoisotopic (exact) mass is 512 g/mol. The van der Waals surface area contributed by atoms with E-state index in [1.165, 1.54) is 28.6 Å². The molecule has 2 saturated heterocycles. The van der Waals surface area contributed by atoms with Gasteiger partial charge in [0, 0.05) is 18.8 Å². The molecule has 0 saturated carbocycles. The number of hydrogen-bond donors (Lipinski definition) is 2. The van der Waals surface area contributed by atoms with Gasteiger partial charge in [0.05, 0.1) is 4.90 Å². The van der Waals surface area contributed by atoms with Gasteiger partial charge in [-0.15, -0.1) is 0 Å². The minimum absolute atomic E-state index is 0.157. The molecule has 2 aromatic rings. The van der Waals surface area contributed by atoms with Gasteiger partial charge in [-0.25, -0.2) is 13.2 Å². The molecule has 2 aromatic carbocycles. The molecular formula is C26H32N4O5S. The zero-order valence-electron chi connectivity index (χ0n) is 20.9. The largest absolute Gasteiger partial charge is 0.325 e. The molecule has 0 aliphatic carbocycles. The summed E-state index contributed by atoms with van der Waals surface area (Å²) in [7, 11) is -3.63. The van der Waals surface area contributed by atoms with E-state index in [1.807, 2.05) is 32.9 Å². The predicted molar refractivity (Wildman–Crippen MR) is 136 cm³/mol. The number of sulfonamides is 1. The van der Waals surface area contributed by atoms with Crippen LogP contribution in [0.15, 0.2) is 53.4 Å². The number of imide groups is 1. The number of urea groups is 1. The highest BCUT2D eigenvalue weighted by atomic mass is 32.2. The van der Waals surface area contributed by atoms with Crippen LogP contribution in [0.5, 0.6) is 0 Å². The molecule has 0 aromatic heterocycles. The van der Waals surface area contributed by atoms with E-state index in [9.17, 15) is 22.8 Å². The quantitative estimate of drug-likeness (QED) is 0.577. The molecule has 9 nitrogen and oxygen atoms in total. The molecule has 4 rings (SSSR count). The highest BCUT2D eigenvalue weighted by Crippen LogP contribution is 2.29. The number of carbonyl (C=O) groups excluding carboxylic acids is 3. The van der Waals surface area contributed by atoms with Gasteiger partial charge in [-0.3, -0.25) is 14.5 Å². The van der Waals surface area contributed by atoms with Crippen LogP contribution >= 0.6 is 0 Å². The van der Waals surface area contributed by atoms with Gasteiger partial charge in [0.15, 0.2) is 0 Å². The minimum Gasteiger partial charge on any atom is -0.325 e. The molecular weight excluding hydrogens is 480 g/mol. The van der Waals surface area contributed by atoms with Crippen molar-refractivity contribution in [3.8, 4) is 0 Å². The fourth-order valence-electron chi connectivity index (χ4n) is 4.93. The van der Waals surface area contributed by atoms with Crippen LogP contribution in [-0.4, -0.2) is 55.1 Å². The lowest BCUT2D eigenvalue weighted by Crippen LogP contribution is -2.42. The van der Waals surface area contributed by atoms with Gasteiger partial charge < -0.3 is 10.6 Å². The standard InChI is InChI=1S/C26H32N4O5S/c1-17-5-7-20(8-6-17)26(4)24(32)30(25(33)28-26)16-23(31)27-21-9-11-22(12-10-21)36(34,35)29-14-18(2)13-19(3)15-29/h5-12,18-19H,13-16H2,1-4H3,(H,27,31)(H,28,33)/t18-,19-,26+/m0/s1. The van der Waals surface area contributed by atoms with E-state index in [4.69, 9.17) is 0 Å². The smallest absolute Gasteiger partial charge is 0.325 e. The molecule has 2 aliphatic heterocycles. The van der Waals surface area contributed by atoms with E-state index in [0.717, 1.165) is 16.9 Å². The van der Waals surface area contributed by atoms with Crippen molar-refractivity contribution >= 4 is 33.6 Å².